The lowest BCUT2D eigenvalue weighted by atomic mass is 9.98. The van der Waals surface area contributed by atoms with Crippen LogP contribution in [0.4, 0.5) is 0 Å². The van der Waals surface area contributed by atoms with E-state index < -0.39 is 74.2 Å². The Kier molecular flexibility index (Phi) is 54.1. The molecule has 0 aromatic rings. The minimum absolute atomic E-state index is 0.256. The lowest BCUT2D eigenvalue weighted by molar-refractivity contribution is -0.303. The van der Waals surface area contributed by atoms with Crippen molar-refractivity contribution in [3.8, 4) is 0 Å². The van der Waals surface area contributed by atoms with Crippen LogP contribution in [0.2, 0.25) is 0 Å². The number of carbonyl (C=O) groups is 1. The average Bonchev–Trinajstić information content (AvgIpc) is 3.46. The van der Waals surface area contributed by atoms with Crippen LogP contribution >= 0.6 is 0 Å². The molecule has 0 saturated carbocycles. The molecule has 0 spiro atoms. The number of unbranched alkanes of at least 4 members (excludes halogenated alkanes) is 46. The number of hydrogen-bond acceptors (Lipinski definition) is 10. The van der Waals surface area contributed by atoms with Crippen molar-refractivity contribution in [3.05, 3.63) is 12.2 Å². The molecule has 1 saturated heterocycles. The quantitative estimate of drug-likeness (QED) is 0.0215. The van der Waals surface area contributed by atoms with Gasteiger partial charge in [0, 0.05) is 0 Å². The van der Waals surface area contributed by atoms with Gasteiger partial charge in [-0.05, 0) is 38.5 Å². The summed E-state index contributed by atoms with van der Waals surface area (Å²) < 4.78 is 11.2. The first-order valence-corrected chi connectivity index (χ1v) is 34.1. The van der Waals surface area contributed by atoms with Gasteiger partial charge in [-0.3, -0.25) is 4.79 Å². The number of hydrogen-bond donors (Lipinski definition) is 8. The van der Waals surface area contributed by atoms with Gasteiger partial charge < -0.3 is 50.5 Å². The molecule has 1 rings (SSSR count). The second-order valence-corrected chi connectivity index (χ2v) is 24.3. The highest BCUT2D eigenvalue weighted by molar-refractivity contribution is 5.80. The largest absolute Gasteiger partial charge is 0.394 e. The van der Waals surface area contributed by atoms with Gasteiger partial charge in [-0.25, -0.2) is 0 Å². The summed E-state index contributed by atoms with van der Waals surface area (Å²) >= 11 is 0. The zero-order valence-corrected chi connectivity index (χ0v) is 51.2. The molecule has 1 aliphatic rings. The Morgan fingerprint density at radius 3 is 1.08 bits per heavy atom. The van der Waals surface area contributed by atoms with Crippen LogP contribution in [0.15, 0.2) is 12.2 Å². The lowest BCUT2D eigenvalue weighted by Gasteiger charge is -2.40. The molecule has 1 fully saturated rings. The fourth-order valence-corrected chi connectivity index (χ4v) is 11.3. The van der Waals surface area contributed by atoms with Crippen LogP contribution < -0.4 is 5.32 Å². The summed E-state index contributed by atoms with van der Waals surface area (Å²) in [5.41, 5.74) is 0. The van der Waals surface area contributed by atoms with Crippen LogP contribution in [-0.2, 0) is 14.3 Å². The maximum Gasteiger partial charge on any atom is 0.249 e. The fourth-order valence-electron chi connectivity index (χ4n) is 11.3. The Morgan fingerprint density at radius 2 is 0.744 bits per heavy atom. The van der Waals surface area contributed by atoms with Crippen molar-refractivity contribution in [2.45, 2.75) is 396 Å². The third kappa shape index (κ3) is 43.5. The Balaban J connectivity index is 2.20. The molecule has 9 atom stereocenters. The van der Waals surface area contributed by atoms with Gasteiger partial charge in [0.05, 0.1) is 25.4 Å². The van der Waals surface area contributed by atoms with Crippen molar-refractivity contribution >= 4 is 5.91 Å². The van der Waals surface area contributed by atoms with E-state index in [1.165, 1.54) is 250 Å². The van der Waals surface area contributed by atoms with Gasteiger partial charge in [-0.1, -0.05) is 315 Å². The molecule has 0 bridgehead atoms. The predicted octanol–water partition coefficient (Wildman–Crippen LogP) is 15.9. The number of carbonyl (C=O) groups excluding carboxylic acids is 1. The highest BCUT2D eigenvalue weighted by atomic mass is 16.7. The first-order valence-electron chi connectivity index (χ1n) is 34.1. The molecular formula is C67H131NO10. The van der Waals surface area contributed by atoms with Crippen molar-refractivity contribution in [3.63, 3.8) is 0 Å². The van der Waals surface area contributed by atoms with Crippen LogP contribution in [0.5, 0.6) is 0 Å². The normalized spacial score (nSPS) is 19.4. The van der Waals surface area contributed by atoms with E-state index in [0.29, 0.717) is 19.3 Å². The van der Waals surface area contributed by atoms with Crippen LogP contribution in [0.1, 0.15) is 341 Å². The molecule has 0 aromatic heterocycles. The maximum absolute atomic E-state index is 13.2. The van der Waals surface area contributed by atoms with Crippen LogP contribution in [0, 0.1) is 0 Å². The lowest BCUT2D eigenvalue weighted by Crippen LogP contribution is -2.60. The fraction of sp³-hybridized carbons (Fsp3) is 0.955. The number of ether oxygens (including phenoxy) is 2. The molecule has 0 aliphatic carbocycles. The molecule has 11 nitrogen and oxygen atoms in total. The minimum atomic E-state index is -1.66. The van der Waals surface area contributed by atoms with Crippen molar-refractivity contribution < 1.29 is 50.0 Å². The molecular weight excluding hydrogens is 979 g/mol. The Bertz CT molecular complexity index is 1270. The van der Waals surface area contributed by atoms with Gasteiger partial charge in [0.2, 0.25) is 5.91 Å². The standard InChI is InChI=1S/C67H131NO10/c1-3-5-7-9-11-13-15-17-19-21-23-25-26-27-28-29-30-31-32-33-35-36-38-40-42-44-46-48-50-52-54-59(70)62(72)58(57-77-67-65(75)64(74)63(73)61(56-69)78-67)68-66(76)60(71)55-53-51-49-47-45-43-41-39-37-34-24-22-20-18-16-14-12-10-8-6-4-2/h37,39,58-65,67,69-75H,3-36,38,40-57H2,1-2H3,(H,68,76)/b39-37-. The number of aliphatic hydroxyl groups is 7. The van der Waals surface area contributed by atoms with Gasteiger partial charge in [-0.15, -0.1) is 0 Å². The van der Waals surface area contributed by atoms with Gasteiger partial charge in [0.25, 0.3) is 0 Å². The number of nitrogens with one attached hydrogen (secondary N) is 1. The predicted molar refractivity (Wildman–Crippen MR) is 326 cm³/mol. The van der Waals surface area contributed by atoms with E-state index in [-0.39, 0.29) is 6.42 Å². The van der Waals surface area contributed by atoms with Crippen molar-refractivity contribution in [2.75, 3.05) is 13.2 Å². The van der Waals surface area contributed by atoms with Crippen molar-refractivity contribution in [1.29, 1.82) is 0 Å². The average molecular weight is 1110 g/mol. The van der Waals surface area contributed by atoms with E-state index in [1.54, 1.807) is 0 Å². The van der Waals surface area contributed by atoms with E-state index in [1.807, 2.05) is 0 Å². The summed E-state index contributed by atoms with van der Waals surface area (Å²) in [4.78, 5) is 13.2. The number of allylic oxidation sites excluding steroid dienone is 2. The first kappa shape index (κ1) is 74.9. The summed E-state index contributed by atoms with van der Waals surface area (Å²) in [6.45, 7) is 3.51. The summed E-state index contributed by atoms with van der Waals surface area (Å²) in [5.74, 6) is -0.695. The van der Waals surface area contributed by atoms with E-state index in [4.69, 9.17) is 9.47 Å². The van der Waals surface area contributed by atoms with Crippen LogP contribution in [-0.4, -0.2) is 110 Å². The molecule has 1 amide bonds. The SMILES string of the molecule is CCCCCCCCCCCCC/C=C\CCCCCCCCC(O)C(=O)NC(COC1OC(CO)C(O)C(O)C1O)C(O)C(O)CCCCCCCCCCCCCCCCCCCCCCCCCCCCCCCC. The maximum atomic E-state index is 13.2. The summed E-state index contributed by atoms with van der Waals surface area (Å²) in [6, 6.07) is -1.17. The molecule has 78 heavy (non-hydrogen) atoms. The third-order valence-corrected chi connectivity index (χ3v) is 16.8. The van der Waals surface area contributed by atoms with E-state index in [2.05, 4.69) is 31.3 Å². The minimum Gasteiger partial charge on any atom is -0.394 e. The third-order valence-electron chi connectivity index (χ3n) is 16.8. The van der Waals surface area contributed by atoms with Gasteiger partial charge in [0.15, 0.2) is 6.29 Å². The van der Waals surface area contributed by atoms with Gasteiger partial charge in [-0.2, -0.15) is 0 Å². The number of rotatable bonds is 60. The molecule has 0 aromatic carbocycles. The van der Waals surface area contributed by atoms with Crippen molar-refractivity contribution in [1.82, 2.24) is 5.32 Å². The van der Waals surface area contributed by atoms with Crippen molar-refractivity contribution in [2.24, 2.45) is 0 Å². The molecule has 1 heterocycles. The smallest absolute Gasteiger partial charge is 0.249 e. The topological polar surface area (TPSA) is 189 Å². The molecule has 0 radical (unpaired) electrons. The number of aliphatic hydroxyl groups excluding tert-OH is 7. The van der Waals surface area contributed by atoms with Gasteiger partial charge in [0.1, 0.15) is 36.6 Å². The van der Waals surface area contributed by atoms with E-state index in [0.717, 1.165) is 51.4 Å². The van der Waals surface area contributed by atoms with E-state index in [9.17, 15) is 40.5 Å². The zero-order chi connectivity index (χ0) is 56.8. The second kappa shape index (κ2) is 56.3. The summed E-state index contributed by atoms with van der Waals surface area (Å²) in [7, 11) is 0. The molecule has 9 unspecified atom stereocenters. The Hall–Kier alpha value is -1.15. The summed E-state index contributed by atoms with van der Waals surface area (Å²) in [6.07, 6.45) is 57.2. The highest BCUT2D eigenvalue weighted by Gasteiger charge is 2.44. The van der Waals surface area contributed by atoms with E-state index >= 15 is 0 Å². The first-order chi connectivity index (χ1) is 38.2. The molecule has 464 valence electrons. The monoisotopic (exact) mass is 1110 g/mol. The Labute approximate surface area is 481 Å². The molecule has 8 N–H and O–H groups in total. The van der Waals surface area contributed by atoms with Crippen LogP contribution in [0.25, 0.3) is 0 Å². The summed E-state index contributed by atoms with van der Waals surface area (Å²) in [5, 5.41) is 76.5. The zero-order valence-electron chi connectivity index (χ0n) is 51.2. The molecule has 1 aliphatic heterocycles. The second-order valence-electron chi connectivity index (χ2n) is 24.3. The highest BCUT2D eigenvalue weighted by Crippen LogP contribution is 2.24. The number of amides is 1. The van der Waals surface area contributed by atoms with Crippen LogP contribution in [0.3, 0.4) is 0 Å². The Morgan fingerprint density at radius 1 is 0.436 bits per heavy atom. The molecule has 11 heteroatoms. The van der Waals surface area contributed by atoms with Gasteiger partial charge >= 0.3 is 0 Å².